The van der Waals surface area contributed by atoms with E-state index in [1.54, 1.807) is 52.0 Å². The molecule has 3 aromatic rings. The van der Waals surface area contributed by atoms with E-state index >= 15 is 0 Å². The first-order valence-electron chi connectivity index (χ1n) is 9.82. The predicted octanol–water partition coefficient (Wildman–Crippen LogP) is 3.79. The molecule has 0 aliphatic carbocycles. The number of nitriles is 1. The molecule has 0 saturated carbocycles. The summed E-state index contributed by atoms with van der Waals surface area (Å²) < 4.78 is 7.51. The van der Waals surface area contributed by atoms with Gasteiger partial charge in [0.25, 0.3) is 5.91 Å². The molecule has 1 aliphatic heterocycles. The Labute approximate surface area is 184 Å². The first-order chi connectivity index (χ1) is 15.0. The number of hydrogen-bond donors (Lipinski definition) is 2. The largest absolute Gasteiger partial charge is 0.457 e. The Kier molecular flexibility index (Phi) is 5.69. The van der Waals surface area contributed by atoms with Gasteiger partial charge in [0.1, 0.15) is 28.6 Å². The number of benzene rings is 2. The van der Waals surface area contributed by atoms with Crippen molar-refractivity contribution in [3.8, 4) is 28.9 Å². The van der Waals surface area contributed by atoms with E-state index < -0.39 is 5.91 Å². The highest BCUT2D eigenvalue weighted by Gasteiger charge is 2.28. The van der Waals surface area contributed by atoms with E-state index in [9.17, 15) is 10.1 Å². The molecule has 2 aromatic carbocycles. The number of nitrogens with two attached hydrogens (primary N) is 2. The van der Waals surface area contributed by atoms with Gasteiger partial charge in [0, 0.05) is 17.1 Å². The fourth-order valence-corrected chi connectivity index (χ4v) is 3.97. The summed E-state index contributed by atoms with van der Waals surface area (Å²) in [6, 6.07) is 14.1. The molecule has 0 bridgehead atoms. The summed E-state index contributed by atoms with van der Waals surface area (Å²) in [5.74, 6) is 0.682. The normalized spacial score (nSPS) is 16.0. The summed E-state index contributed by atoms with van der Waals surface area (Å²) in [7, 11) is 0. The maximum absolute atomic E-state index is 12.2. The lowest BCUT2D eigenvalue weighted by molar-refractivity contribution is 0.100. The molecule has 31 heavy (non-hydrogen) atoms. The van der Waals surface area contributed by atoms with Gasteiger partial charge in [-0.15, -0.1) is 0 Å². The lowest BCUT2D eigenvalue weighted by atomic mass is 10.1. The molecule has 2 heterocycles. The summed E-state index contributed by atoms with van der Waals surface area (Å²) >= 11 is 6.03. The van der Waals surface area contributed by atoms with Crippen molar-refractivity contribution in [1.82, 2.24) is 14.7 Å². The number of piperidine rings is 1. The fourth-order valence-electron chi connectivity index (χ4n) is 3.79. The molecule has 158 valence electrons. The number of rotatable bonds is 5. The average Bonchev–Trinajstić information content (AvgIpc) is 3.11. The minimum atomic E-state index is -0.659. The molecular weight excluding hydrogens is 416 g/mol. The van der Waals surface area contributed by atoms with E-state index in [1.165, 1.54) is 0 Å². The Balaban J connectivity index is 1.71. The predicted molar refractivity (Wildman–Crippen MR) is 118 cm³/mol. The Morgan fingerprint density at radius 1 is 1.23 bits per heavy atom. The van der Waals surface area contributed by atoms with E-state index in [1.807, 2.05) is 6.07 Å². The molecule has 0 spiro atoms. The van der Waals surface area contributed by atoms with Crippen LogP contribution in [-0.2, 0) is 0 Å². The first kappa shape index (κ1) is 20.6. The zero-order chi connectivity index (χ0) is 22.0. The summed E-state index contributed by atoms with van der Waals surface area (Å²) in [6.07, 6.45) is 3.81. The minimum absolute atomic E-state index is 0.119. The number of hydrogen-bond acceptors (Lipinski definition) is 6. The molecule has 8 nitrogen and oxygen atoms in total. The average molecular weight is 437 g/mol. The SMILES string of the molecule is N#CN1CCCC(n2nc(-c3cccc(Oc4cccc(Cl)c4)c3)c(C(N)=O)c2N)C1. The van der Waals surface area contributed by atoms with Crippen LogP contribution in [0.1, 0.15) is 29.2 Å². The van der Waals surface area contributed by atoms with Crippen molar-refractivity contribution in [2.45, 2.75) is 18.9 Å². The van der Waals surface area contributed by atoms with E-state index in [0.29, 0.717) is 40.9 Å². The van der Waals surface area contributed by atoms with Crippen molar-refractivity contribution in [3.05, 3.63) is 59.1 Å². The lowest BCUT2D eigenvalue weighted by Crippen LogP contribution is -2.34. The number of carbonyl (C=O) groups is 1. The number of likely N-dealkylation sites (tertiary alicyclic amines) is 1. The quantitative estimate of drug-likeness (QED) is 0.586. The smallest absolute Gasteiger partial charge is 0.254 e. The molecule has 4 N–H and O–H groups in total. The number of primary amides is 1. The van der Waals surface area contributed by atoms with E-state index in [4.69, 9.17) is 27.8 Å². The summed E-state index contributed by atoms with van der Waals surface area (Å²) in [6.45, 7) is 1.19. The number of amides is 1. The van der Waals surface area contributed by atoms with Gasteiger partial charge >= 0.3 is 0 Å². The van der Waals surface area contributed by atoms with Gasteiger partial charge in [-0.05, 0) is 43.2 Å². The Bertz CT molecular complexity index is 1170. The zero-order valence-electron chi connectivity index (χ0n) is 16.7. The van der Waals surface area contributed by atoms with Crippen molar-refractivity contribution in [1.29, 1.82) is 5.26 Å². The van der Waals surface area contributed by atoms with Crippen LogP contribution in [0, 0.1) is 11.5 Å². The fraction of sp³-hybridized carbons (Fsp3) is 0.227. The standard InChI is InChI=1S/C22H21ClN6O2/c23-15-5-2-8-18(11-15)31-17-7-1-4-14(10-17)20-19(22(26)30)21(25)29(27-20)16-6-3-9-28(12-16)13-24/h1-2,4-5,7-8,10-11,16H,3,6,9,12,25H2,(H2,26,30). The molecular formula is C22H21ClN6O2. The molecule has 1 aliphatic rings. The van der Waals surface area contributed by atoms with Crippen molar-refractivity contribution < 1.29 is 9.53 Å². The van der Waals surface area contributed by atoms with Crippen molar-refractivity contribution in [2.75, 3.05) is 18.8 Å². The Hall–Kier alpha value is -3.70. The molecule has 1 aromatic heterocycles. The van der Waals surface area contributed by atoms with Gasteiger partial charge in [0.2, 0.25) is 0 Å². The van der Waals surface area contributed by atoms with E-state index in [0.717, 1.165) is 12.8 Å². The number of halogens is 1. The van der Waals surface area contributed by atoms with Crippen LogP contribution in [0.15, 0.2) is 48.5 Å². The highest BCUT2D eigenvalue weighted by Crippen LogP contribution is 2.34. The Morgan fingerprint density at radius 3 is 2.68 bits per heavy atom. The van der Waals surface area contributed by atoms with E-state index in [-0.39, 0.29) is 17.4 Å². The van der Waals surface area contributed by atoms with Gasteiger partial charge in [-0.1, -0.05) is 29.8 Å². The first-order valence-corrected chi connectivity index (χ1v) is 10.2. The zero-order valence-corrected chi connectivity index (χ0v) is 17.4. The third kappa shape index (κ3) is 4.27. The van der Waals surface area contributed by atoms with Crippen LogP contribution < -0.4 is 16.2 Å². The number of nitrogens with zero attached hydrogens (tertiary/aromatic N) is 4. The maximum atomic E-state index is 12.2. The van der Waals surface area contributed by atoms with Crippen LogP contribution in [0.25, 0.3) is 11.3 Å². The van der Waals surface area contributed by atoms with Gasteiger partial charge in [0.15, 0.2) is 6.19 Å². The maximum Gasteiger partial charge on any atom is 0.254 e. The van der Waals surface area contributed by atoms with Crippen LogP contribution in [0.3, 0.4) is 0 Å². The minimum Gasteiger partial charge on any atom is -0.457 e. The topological polar surface area (TPSA) is 123 Å². The van der Waals surface area contributed by atoms with Crippen molar-refractivity contribution in [3.63, 3.8) is 0 Å². The number of aromatic nitrogens is 2. The van der Waals surface area contributed by atoms with Gasteiger partial charge in [-0.25, -0.2) is 4.68 Å². The molecule has 1 unspecified atom stereocenters. The van der Waals surface area contributed by atoms with Crippen LogP contribution in [0.4, 0.5) is 5.82 Å². The molecule has 1 amide bonds. The van der Waals surface area contributed by atoms with Gasteiger partial charge in [-0.2, -0.15) is 10.4 Å². The van der Waals surface area contributed by atoms with E-state index in [2.05, 4.69) is 11.3 Å². The molecule has 9 heteroatoms. The highest BCUT2D eigenvalue weighted by molar-refractivity contribution is 6.30. The second kappa shape index (κ2) is 8.58. The van der Waals surface area contributed by atoms with Crippen LogP contribution in [-0.4, -0.2) is 33.7 Å². The number of anilines is 1. The molecule has 1 fully saturated rings. The monoisotopic (exact) mass is 436 g/mol. The van der Waals surface area contributed by atoms with Gasteiger partial charge in [0.05, 0.1) is 12.6 Å². The number of ether oxygens (including phenoxy) is 1. The lowest BCUT2D eigenvalue weighted by Gasteiger charge is -2.29. The number of nitrogen functional groups attached to an aromatic ring is 1. The Morgan fingerprint density at radius 2 is 1.97 bits per heavy atom. The number of carbonyl (C=O) groups excluding carboxylic acids is 1. The summed E-state index contributed by atoms with van der Waals surface area (Å²) in [5.41, 5.74) is 13.1. The second-order valence-electron chi connectivity index (χ2n) is 7.35. The third-order valence-electron chi connectivity index (χ3n) is 5.22. The van der Waals surface area contributed by atoms with Crippen molar-refractivity contribution >= 4 is 23.3 Å². The molecule has 1 saturated heterocycles. The molecule has 4 rings (SSSR count). The highest BCUT2D eigenvalue weighted by atomic mass is 35.5. The van der Waals surface area contributed by atoms with Crippen LogP contribution in [0.2, 0.25) is 5.02 Å². The second-order valence-corrected chi connectivity index (χ2v) is 7.78. The van der Waals surface area contributed by atoms with Crippen LogP contribution in [0.5, 0.6) is 11.5 Å². The van der Waals surface area contributed by atoms with Crippen molar-refractivity contribution in [2.24, 2.45) is 5.73 Å². The summed E-state index contributed by atoms with van der Waals surface area (Å²) in [5, 5.41) is 14.4. The molecule has 0 radical (unpaired) electrons. The molecule has 1 atom stereocenters. The van der Waals surface area contributed by atoms with Crippen LogP contribution >= 0.6 is 11.6 Å². The van der Waals surface area contributed by atoms with Gasteiger partial charge in [-0.3, -0.25) is 4.79 Å². The van der Waals surface area contributed by atoms with Gasteiger partial charge < -0.3 is 21.1 Å². The summed E-state index contributed by atoms with van der Waals surface area (Å²) in [4.78, 5) is 13.9. The third-order valence-corrected chi connectivity index (χ3v) is 5.45.